The van der Waals surface area contributed by atoms with Gasteiger partial charge < -0.3 is 20.1 Å². The number of rotatable bonds is 7. The first kappa shape index (κ1) is 29.1. The Balaban J connectivity index is 0.000000629. The lowest BCUT2D eigenvalue weighted by molar-refractivity contribution is -0.742. The van der Waals surface area contributed by atoms with Crippen molar-refractivity contribution in [2.75, 3.05) is 31.1 Å². The highest BCUT2D eigenvalue weighted by Gasteiger charge is 2.33. The molecule has 1 amide bonds. The monoisotopic (exact) mass is 473 g/mol. The van der Waals surface area contributed by atoms with Crippen molar-refractivity contribution in [1.82, 2.24) is 4.90 Å². The fourth-order valence-electron chi connectivity index (χ4n) is 4.02. The predicted octanol–water partition coefficient (Wildman–Crippen LogP) is 4.42. The third kappa shape index (κ3) is 10.8. The lowest BCUT2D eigenvalue weighted by Crippen LogP contribution is -2.52. The van der Waals surface area contributed by atoms with Gasteiger partial charge in [-0.1, -0.05) is 69.3 Å². The lowest BCUT2D eigenvalue weighted by Gasteiger charge is -2.42. The highest BCUT2D eigenvalue weighted by atomic mass is 16.9. The first-order valence-electron chi connectivity index (χ1n) is 11.9. The summed E-state index contributed by atoms with van der Waals surface area (Å²) in [4.78, 5) is 25.6. The van der Waals surface area contributed by atoms with E-state index in [-0.39, 0.29) is 11.9 Å². The SMILES string of the molecule is CCC(=O)N(c1ccccc1)[C@H]1CCN(CCc2ccccc2)C[C@H]1C.CCCO.O=[N+]([O-])O. The van der Waals surface area contributed by atoms with Gasteiger partial charge in [-0.2, -0.15) is 0 Å². The number of hydrogen-bond donors (Lipinski definition) is 2. The Hall–Kier alpha value is -2.97. The van der Waals surface area contributed by atoms with Gasteiger partial charge in [0.1, 0.15) is 0 Å². The molecule has 0 bridgehead atoms. The van der Waals surface area contributed by atoms with E-state index in [4.69, 9.17) is 20.4 Å². The number of aliphatic hydroxyl groups excluding tert-OH is 1. The Bertz CT molecular complexity index is 814. The number of carbonyl (C=O) groups is 1. The molecule has 2 aromatic carbocycles. The Labute approximate surface area is 202 Å². The highest BCUT2D eigenvalue weighted by molar-refractivity contribution is 5.93. The van der Waals surface area contributed by atoms with Gasteiger partial charge in [-0.15, -0.1) is 10.1 Å². The van der Waals surface area contributed by atoms with Crippen molar-refractivity contribution in [3.63, 3.8) is 0 Å². The molecular formula is C26H39N3O5. The normalized spacial score (nSPS) is 17.4. The van der Waals surface area contributed by atoms with Crippen LogP contribution in [-0.2, 0) is 11.2 Å². The van der Waals surface area contributed by atoms with E-state index in [1.807, 2.05) is 32.0 Å². The maximum atomic E-state index is 12.7. The number of likely N-dealkylation sites (tertiary alicyclic amines) is 1. The molecule has 1 heterocycles. The summed E-state index contributed by atoms with van der Waals surface area (Å²) < 4.78 is 0. The average Bonchev–Trinajstić information content (AvgIpc) is 2.85. The van der Waals surface area contributed by atoms with Crippen LogP contribution in [0, 0.1) is 16.0 Å². The highest BCUT2D eigenvalue weighted by Crippen LogP contribution is 2.28. The van der Waals surface area contributed by atoms with Gasteiger partial charge in [0.2, 0.25) is 5.91 Å². The van der Waals surface area contributed by atoms with E-state index < -0.39 is 5.09 Å². The minimum absolute atomic E-state index is 0.228. The number of amides is 1. The van der Waals surface area contributed by atoms with E-state index in [0.29, 0.717) is 18.9 Å². The summed E-state index contributed by atoms with van der Waals surface area (Å²) in [5.74, 6) is 0.695. The molecule has 1 fully saturated rings. The topological polar surface area (TPSA) is 107 Å². The van der Waals surface area contributed by atoms with Gasteiger partial charge in [-0.3, -0.25) is 4.79 Å². The molecular weight excluding hydrogens is 434 g/mol. The van der Waals surface area contributed by atoms with Gasteiger partial charge in [0, 0.05) is 44.4 Å². The molecule has 34 heavy (non-hydrogen) atoms. The van der Waals surface area contributed by atoms with Crippen LogP contribution < -0.4 is 4.90 Å². The first-order chi connectivity index (χ1) is 16.3. The number of aliphatic hydroxyl groups is 1. The molecule has 1 saturated heterocycles. The smallest absolute Gasteiger partial charge is 0.291 e. The van der Waals surface area contributed by atoms with Crippen LogP contribution in [0.15, 0.2) is 60.7 Å². The fourth-order valence-corrected chi connectivity index (χ4v) is 4.02. The number of para-hydroxylation sites is 1. The van der Waals surface area contributed by atoms with E-state index in [9.17, 15) is 4.79 Å². The quantitative estimate of drug-likeness (QED) is 0.455. The molecule has 2 atom stereocenters. The lowest BCUT2D eigenvalue weighted by atomic mass is 9.91. The van der Waals surface area contributed by atoms with Crippen LogP contribution in [0.3, 0.4) is 0 Å². The fraction of sp³-hybridized carbons (Fsp3) is 0.500. The standard InChI is InChI=1S/C23H30N2O.C3H8O.HNO3/c1-3-23(26)25(21-12-8-5-9-13-21)22-15-17-24(18-19(22)2)16-14-20-10-6-4-7-11-20;1-2-3-4;2-1(3)4/h4-13,19,22H,3,14-18H2,1-2H3;4H,2-3H2,1H3;(H,2,3,4)/t19-,22+;;/m1../s1. The largest absolute Gasteiger partial charge is 0.396 e. The Morgan fingerprint density at radius 1 is 1.12 bits per heavy atom. The van der Waals surface area contributed by atoms with Crippen molar-refractivity contribution >= 4 is 11.6 Å². The number of nitrogens with zero attached hydrogens (tertiary/aromatic N) is 3. The van der Waals surface area contributed by atoms with E-state index in [1.165, 1.54) is 5.56 Å². The number of piperidine rings is 1. The molecule has 0 aromatic heterocycles. The molecule has 8 heteroatoms. The number of benzene rings is 2. The molecule has 1 aliphatic heterocycles. The zero-order valence-corrected chi connectivity index (χ0v) is 20.5. The van der Waals surface area contributed by atoms with Crippen LogP contribution in [0.1, 0.15) is 45.6 Å². The Kier molecular flexibility index (Phi) is 14.2. The zero-order valence-electron chi connectivity index (χ0n) is 20.5. The second kappa shape index (κ2) is 16.6. The van der Waals surface area contributed by atoms with E-state index >= 15 is 0 Å². The van der Waals surface area contributed by atoms with Gasteiger partial charge >= 0.3 is 0 Å². The minimum atomic E-state index is -1.50. The van der Waals surface area contributed by atoms with Crippen LogP contribution in [0.5, 0.6) is 0 Å². The molecule has 0 unspecified atom stereocenters. The second-order valence-corrected chi connectivity index (χ2v) is 8.28. The van der Waals surface area contributed by atoms with E-state index in [2.05, 4.69) is 59.2 Å². The summed E-state index contributed by atoms with van der Waals surface area (Å²) in [6, 6.07) is 21.1. The van der Waals surface area contributed by atoms with Crippen LogP contribution >= 0.6 is 0 Å². The molecule has 3 rings (SSSR count). The third-order valence-electron chi connectivity index (χ3n) is 5.66. The van der Waals surface area contributed by atoms with E-state index in [1.54, 1.807) is 0 Å². The number of anilines is 1. The predicted molar refractivity (Wildman–Crippen MR) is 135 cm³/mol. The average molecular weight is 474 g/mol. The molecule has 8 nitrogen and oxygen atoms in total. The van der Waals surface area contributed by atoms with Crippen molar-refractivity contribution in [1.29, 1.82) is 0 Å². The summed E-state index contributed by atoms with van der Waals surface area (Å²) in [6.45, 7) is 9.70. The van der Waals surface area contributed by atoms with Crippen molar-refractivity contribution in [3.05, 3.63) is 76.3 Å². The van der Waals surface area contributed by atoms with Crippen LogP contribution in [-0.4, -0.2) is 58.5 Å². The van der Waals surface area contributed by atoms with Crippen molar-refractivity contribution in [2.24, 2.45) is 5.92 Å². The summed E-state index contributed by atoms with van der Waals surface area (Å²) in [5, 5.41) is 21.5. The Morgan fingerprint density at radius 2 is 1.65 bits per heavy atom. The molecule has 0 spiro atoms. The summed E-state index contributed by atoms with van der Waals surface area (Å²) in [6.07, 6.45) is 3.56. The van der Waals surface area contributed by atoms with Crippen molar-refractivity contribution < 1.29 is 20.2 Å². The number of carbonyl (C=O) groups excluding carboxylic acids is 1. The van der Waals surface area contributed by atoms with Gasteiger partial charge in [0.25, 0.3) is 5.09 Å². The van der Waals surface area contributed by atoms with Crippen molar-refractivity contribution in [3.8, 4) is 0 Å². The summed E-state index contributed by atoms with van der Waals surface area (Å²) >= 11 is 0. The van der Waals surface area contributed by atoms with Gasteiger partial charge in [-0.05, 0) is 42.9 Å². The zero-order chi connectivity index (χ0) is 25.3. The maximum absolute atomic E-state index is 12.7. The third-order valence-corrected chi connectivity index (χ3v) is 5.66. The Morgan fingerprint density at radius 3 is 2.12 bits per heavy atom. The molecule has 0 radical (unpaired) electrons. The maximum Gasteiger partial charge on any atom is 0.291 e. The van der Waals surface area contributed by atoms with Gasteiger partial charge in [-0.25, -0.2) is 0 Å². The summed E-state index contributed by atoms with van der Waals surface area (Å²) in [7, 11) is 0. The molecule has 2 N–H and O–H groups in total. The van der Waals surface area contributed by atoms with Gasteiger partial charge in [0.05, 0.1) is 0 Å². The first-order valence-corrected chi connectivity index (χ1v) is 11.9. The van der Waals surface area contributed by atoms with Crippen molar-refractivity contribution in [2.45, 2.75) is 52.5 Å². The van der Waals surface area contributed by atoms with Gasteiger partial charge in [0.15, 0.2) is 0 Å². The second-order valence-electron chi connectivity index (χ2n) is 8.28. The molecule has 1 aliphatic rings. The number of hydrogen-bond acceptors (Lipinski definition) is 5. The molecule has 2 aromatic rings. The molecule has 0 saturated carbocycles. The van der Waals surface area contributed by atoms with Crippen LogP contribution in [0.2, 0.25) is 0 Å². The minimum Gasteiger partial charge on any atom is -0.396 e. The van der Waals surface area contributed by atoms with Crippen LogP contribution in [0.4, 0.5) is 5.69 Å². The van der Waals surface area contributed by atoms with E-state index in [0.717, 1.165) is 44.6 Å². The molecule has 188 valence electrons. The summed E-state index contributed by atoms with van der Waals surface area (Å²) in [5.41, 5.74) is 2.43. The molecule has 0 aliphatic carbocycles. The van der Waals surface area contributed by atoms with Crippen LogP contribution in [0.25, 0.3) is 0 Å².